The Balaban J connectivity index is 2.01. The molecular weight excluding hydrogens is 278 g/mol. The lowest BCUT2D eigenvalue weighted by Gasteiger charge is -2.03. The van der Waals surface area contributed by atoms with Crippen molar-refractivity contribution >= 4 is 34.3 Å². The van der Waals surface area contributed by atoms with Gasteiger partial charge in [0.1, 0.15) is 16.7 Å². The van der Waals surface area contributed by atoms with Gasteiger partial charge < -0.3 is 15.4 Å². The quantitative estimate of drug-likeness (QED) is 0.757. The van der Waals surface area contributed by atoms with Crippen molar-refractivity contribution in [3.8, 4) is 0 Å². The lowest BCUT2D eigenvalue weighted by molar-refractivity contribution is 0.0702. The van der Waals surface area contributed by atoms with Crippen molar-refractivity contribution in [2.24, 2.45) is 0 Å². The Morgan fingerprint density at radius 2 is 2.25 bits per heavy atom. The number of hydrogen-bond acceptors (Lipinski definition) is 6. The monoisotopic (exact) mass is 289 g/mol. The zero-order valence-electron chi connectivity index (χ0n) is 10.6. The number of imidazole rings is 1. The summed E-state index contributed by atoms with van der Waals surface area (Å²) in [5.41, 5.74) is 7.86. The fraction of sp³-hybridized carbons (Fsp3) is 0.167. The number of aromatic carboxylic acids is 1. The van der Waals surface area contributed by atoms with Gasteiger partial charge in [0.05, 0.1) is 12.9 Å². The fourth-order valence-corrected chi connectivity index (χ4v) is 2.85. The van der Waals surface area contributed by atoms with Crippen LogP contribution < -0.4 is 5.73 Å². The molecule has 0 spiro atoms. The van der Waals surface area contributed by atoms with E-state index in [0.29, 0.717) is 28.4 Å². The predicted molar refractivity (Wildman–Crippen MR) is 74.9 cm³/mol. The zero-order chi connectivity index (χ0) is 14.3. The molecule has 0 saturated heterocycles. The second-order valence-electron chi connectivity index (χ2n) is 4.30. The van der Waals surface area contributed by atoms with Crippen molar-refractivity contribution in [2.75, 3.05) is 5.73 Å². The molecule has 3 N–H and O–H groups in total. The Morgan fingerprint density at radius 3 is 2.95 bits per heavy atom. The number of carbonyl (C=O) groups is 1. The summed E-state index contributed by atoms with van der Waals surface area (Å²) >= 11 is 1.26. The zero-order valence-corrected chi connectivity index (χ0v) is 11.4. The highest BCUT2D eigenvalue weighted by molar-refractivity contribution is 7.14. The van der Waals surface area contributed by atoms with E-state index < -0.39 is 5.97 Å². The van der Waals surface area contributed by atoms with Crippen molar-refractivity contribution < 1.29 is 9.90 Å². The van der Waals surface area contributed by atoms with Gasteiger partial charge in [-0.2, -0.15) is 0 Å². The van der Waals surface area contributed by atoms with Crippen molar-refractivity contribution in [1.82, 2.24) is 19.5 Å². The number of thiophene rings is 1. The molecule has 0 aromatic carbocycles. The van der Waals surface area contributed by atoms with Crippen molar-refractivity contribution in [3.05, 3.63) is 34.0 Å². The summed E-state index contributed by atoms with van der Waals surface area (Å²) in [4.78, 5) is 24.5. The van der Waals surface area contributed by atoms with E-state index >= 15 is 0 Å². The minimum atomic E-state index is -0.911. The molecule has 20 heavy (non-hydrogen) atoms. The molecule has 0 aliphatic carbocycles. The van der Waals surface area contributed by atoms with Crippen LogP contribution in [0.25, 0.3) is 11.2 Å². The maximum absolute atomic E-state index is 11.0. The average Bonchev–Trinajstić information content (AvgIpc) is 2.97. The standard InChI is InChI=1S/C12H11N5O2S/c1-6-7(2-8(20-6)12(18)19)3-17-5-16-9-10(13)14-4-15-11(9)17/h2,4-5H,3H2,1H3,(H,18,19)(H2,13,14,15). The number of nitrogens with zero attached hydrogens (tertiary/aromatic N) is 4. The van der Waals surface area contributed by atoms with Gasteiger partial charge in [-0.25, -0.2) is 19.7 Å². The smallest absolute Gasteiger partial charge is 0.345 e. The number of anilines is 1. The molecule has 3 aromatic heterocycles. The highest BCUT2D eigenvalue weighted by atomic mass is 32.1. The molecule has 0 unspecified atom stereocenters. The highest BCUT2D eigenvalue weighted by Gasteiger charge is 2.13. The number of aromatic nitrogens is 4. The molecule has 0 aliphatic rings. The Morgan fingerprint density at radius 1 is 1.45 bits per heavy atom. The van der Waals surface area contributed by atoms with Gasteiger partial charge in [0.25, 0.3) is 0 Å². The molecule has 3 heterocycles. The first-order valence-electron chi connectivity index (χ1n) is 5.80. The molecule has 0 bridgehead atoms. The third-order valence-electron chi connectivity index (χ3n) is 3.00. The number of fused-ring (bicyclic) bond motifs is 1. The van der Waals surface area contributed by atoms with Gasteiger partial charge in [-0.05, 0) is 18.6 Å². The van der Waals surface area contributed by atoms with E-state index in [1.54, 1.807) is 12.4 Å². The first-order chi connectivity index (χ1) is 9.56. The van der Waals surface area contributed by atoms with Crippen LogP contribution >= 0.6 is 11.3 Å². The normalized spacial score (nSPS) is 11.1. The number of carboxylic acids is 1. The number of aryl methyl sites for hydroxylation is 1. The second-order valence-corrected chi connectivity index (χ2v) is 5.56. The van der Waals surface area contributed by atoms with Crippen LogP contribution in [0.1, 0.15) is 20.1 Å². The minimum absolute atomic E-state index is 0.330. The van der Waals surface area contributed by atoms with Crippen LogP contribution in [0.4, 0.5) is 5.82 Å². The fourth-order valence-electron chi connectivity index (χ4n) is 1.98. The molecule has 102 valence electrons. The van der Waals surface area contributed by atoms with Gasteiger partial charge in [0, 0.05) is 4.88 Å². The second kappa shape index (κ2) is 4.57. The summed E-state index contributed by atoms with van der Waals surface area (Å²) in [5, 5.41) is 9.01. The summed E-state index contributed by atoms with van der Waals surface area (Å²) in [6, 6.07) is 1.68. The first-order valence-corrected chi connectivity index (χ1v) is 6.62. The van der Waals surface area contributed by atoms with E-state index in [1.807, 2.05) is 11.5 Å². The Bertz CT molecular complexity index is 807. The SMILES string of the molecule is Cc1sc(C(=O)O)cc1Cn1cnc2c(N)ncnc21. The number of carboxylic acid groups (broad SMARTS) is 1. The summed E-state index contributed by atoms with van der Waals surface area (Å²) in [6.07, 6.45) is 3.02. The molecule has 7 nitrogen and oxygen atoms in total. The van der Waals surface area contributed by atoms with Crippen LogP contribution in [0.3, 0.4) is 0 Å². The molecule has 0 atom stereocenters. The van der Waals surface area contributed by atoms with Gasteiger partial charge in [-0.15, -0.1) is 11.3 Å². The average molecular weight is 289 g/mol. The number of nitrogens with two attached hydrogens (primary N) is 1. The predicted octanol–water partition coefficient (Wildman–Crippen LogP) is 1.52. The number of nitrogen functional groups attached to an aromatic ring is 1. The molecular formula is C12H11N5O2S. The lowest BCUT2D eigenvalue weighted by atomic mass is 10.2. The molecule has 0 amide bonds. The molecule has 0 aliphatic heterocycles. The highest BCUT2D eigenvalue weighted by Crippen LogP contribution is 2.24. The van der Waals surface area contributed by atoms with Crippen molar-refractivity contribution in [3.63, 3.8) is 0 Å². The Hall–Kier alpha value is -2.48. The third-order valence-corrected chi connectivity index (χ3v) is 4.08. The van der Waals surface area contributed by atoms with Crippen molar-refractivity contribution in [1.29, 1.82) is 0 Å². The first kappa shape index (κ1) is 12.5. The van der Waals surface area contributed by atoms with E-state index in [1.165, 1.54) is 17.7 Å². The maximum Gasteiger partial charge on any atom is 0.345 e. The van der Waals surface area contributed by atoms with Crippen LogP contribution in [-0.2, 0) is 6.54 Å². The summed E-state index contributed by atoms with van der Waals surface area (Å²) in [7, 11) is 0. The van der Waals surface area contributed by atoms with Crippen LogP contribution in [0.5, 0.6) is 0 Å². The van der Waals surface area contributed by atoms with Gasteiger partial charge in [-0.1, -0.05) is 0 Å². The minimum Gasteiger partial charge on any atom is -0.477 e. The molecule has 0 radical (unpaired) electrons. The summed E-state index contributed by atoms with van der Waals surface area (Å²) < 4.78 is 1.83. The van der Waals surface area contributed by atoms with Crippen LogP contribution in [-0.4, -0.2) is 30.6 Å². The van der Waals surface area contributed by atoms with E-state index in [2.05, 4.69) is 15.0 Å². The molecule has 0 saturated carbocycles. The molecule has 8 heteroatoms. The van der Waals surface area contributed by atoms with Gasteiger partial charge >= 0.3 is 5.97 Å². The van der Waals surface area contributed by atoms with Crippen LogP contribution in [0.2, 0.25) is 0 Å². The number of rotatable bonds is 3. The van der Waals surface area contributed by atoms with Gasteiger partial charge in [0.2, 0.25) is 0 Å². The van der Waals surface area contributed by atoms with E-state index in [4.69, 9.17) is 10.8 Å². The van der Waals surface area contributed by atoms with Crippen LogP contribution in [0, 0.1) is 6.92 Å². The topological polar surface area (TPSA) is 107 Å². The molecule has 3 rings (SSSR count). The Labute approximate surface area is 117 Å². The third kappa shape index (κ3) is 1.99. The largest absolute Gasteiger partial charge is 0.477 e. The van der Waals surface area contributed by atoms with Gasteiger partial charge in [0.15, 0.2) is 11.5 Å². The summed E-state index contributed by atoms with van der Waals surface area (Å²) in [5.74, 6) is -0.576. The van der Waals surface area contributed by atoms with E-state index in [0.717, 1.165) is 10.4 Å². The van der Waals surface area contributed by atoms with Gasteiger partial charge in [-0.3, -0.25) is 0 Å². The van der Waals surface area contributed by atoms with E-state index in [9.17, 15) is 4.79 Å². The lowest BCUT2D eigenvalue weighted by Crippen LogP contribution is -2.01. The van der Waals surface area contributed by atoms with Crippen LogP contribution in [0.15, 0.2) is 18.7 Å². The van der Waals surface area contributed by atoms with Crippen molar-refractivity contribution in [2.45, 2.75) is 13.5 Å². The molecule has 3 aromatic rings. The molecule has 0 fully saturated rings. The van der Waals surface area contributed by atoms with E-state index in [-0.39, 0.29) is 0 Å². The summed E-state index contributed by atoms with van der Waals surface area (Å²) in [6.45, 7) is 2.40. The number of hydrogen-bond donors (Lipinski definition) is 2. The Kier molecular flexibility index (Phi) is 2.87. The maximum atomic E-state index is 11.0.